The zero-order valence-corrected chi connectivity index (χ0v) is 20.4. The molecule has 2 aromatic rings. The molecule has 10 nitrogen and oxygen atoms in total. The summed E-state index contributed by atoms with van der Waals surface area (Å²) >= 11 is 0.773. The molecule has 186 valence electrons. The molecule has 0 amide bonds. The van der Waals surface area contributed by atoms with Gasteiger partial charge >= 0.3 is 21.5 Å². The van der Waals surface area contributed by atoms with Crippen molar-refractivity contribution >= 4 is 49.5 Å². The van der Waals surface area contributed by atoms with E-state index in [4.69, 9.17) is 4.74 Å². The molecule has 3 rings (SSSR count). The van der Waals surface area contributed by atoms with Gasteiger partial charge in [0.25, 0.3) is 5.13 Å². The maximum absolute atomic E-state index is 13.1. The first-order chi connectivity index (χ1) is 15.8. The smallest absolute Gasteiger partial charge is 0.461 e. The summed E-state index contributed by atoms with van der Waals surface area (Å²) in [6, 6.07) is 2.97. The molecule has 1 aromatic carbocycles. The predicted octanol–water partition coefficient (Wildman–Crippen LogP) is 4.94. The van der Waals surface area contributed by atoms with Crippen molar-refractivity contribution in [1.82, 2.24) is 10.2 Å². The first kappa shape index (κ1) is 25.8. The molecule has 1 aliphatic rings. The van der Waals surface area contributed by atoms with Gasteiger partial charge in [0.05, 0.1) is 12.3 Å². The lowest BCUT2D eigenvalue weighted by atomic mass is 9.94. The number of esters is 1. The number of sulfonamides is 1. The molecule has 0 radical (unpaired) electrons. The highest BCUT2D eigenvalue weighted by Crippen LogP contribution is 2.41. The van der Waals surface area contributed by atoms with E-state index in [1.807, 2.05) is 25.7 Å². The summed E-state index contributed by atoms with van der Waals surface area (Å²) < 4.78 is 69.3. The van der Waals surface area contributed by atoms with E-state index in [1.165, 1.54) is 12.1 Å². The van der Waals surface area contributed by atoms with E-state index in [0.29, 0.717) is 12.1 Å². The topological polar surface area (TPSA) is 126 Å². The minimum absolute atomic E-state index is 0.0243. The number of carbonyl (C=O) groups excluding carboxylic acids is 1. The fraction of sp³-hybridized carbons (Fsp3) is 0.526. The molecule has 0 bridgehead atoms. The van der Waals surface area contributed by atoms with E-state index in [1.54, 1.807) is 11.6 Å². The number of hydrogen-bond donors (Lipinski definition) is 1. The molecule has 34 heavy (non-hydrogen) atoms. The van der Waals surface area contributed by atoms with E-state index < -0.39 is 21.5 Å². The number of nitrogens with zero attached hydrogens (tertiary/aromatic N) is 5. The zero-order chi connectivity index (χ0) is 25.3. The maximum atomic E-state index is 13.1. The Kier molecular flexibility index (Phi) is 7.45. The molecule has 1 unspecified atom stereocenters. The summed E-state index contributed by atoms with van der Waals surface area (Å²) in [6.07, 6.45) is 1.43. The van der Waals surface area contributed by atoms with E-state index >= 15 is 0 Å². The number of aromatic nitrogens is 2. The molecular weight excluding hydrogens is 497 g/mol. The molecular formula is C19H23F3N6O4S2. The Bertz CT molecular complexity index is 1200. The average molecular weight is 521 g/mol. The van der Waals surface area contributed by atoms with Crippen LogP contribution in [0.2, 0.25) is 0 Å². The fourth-order valence-corrected chi connectivity index (χ4v) is 4.71. The third-order valence-corrected chi connectivity index (χ3v) is 6.88. The van der Waals surface area contributed by atoms with Crippen LogP contribution in [0.25, 0.3) is 0 Å². The van der Waals surface area contributed by atoms with Crippen LogP contribution in [0.3, 0.4) is 0 Å². The van der Waals surface area contributed by atoms with Crippen molar-refractivity contribution in [2.75, 3.05) is 16.2 Å². The second kappa shape index (κ2) is 9.82. The number of anilines is 2. The van der Waals surface area contributed by atoms with Crippen LogP contribution >= 0.6 is 11.3 Å². The largest absolute Gasteiger partial charge is 0.516 e. The van der Waals surface area contributed by atoms with Crippen molar-refractivity contribution in [3.63, 3.8) is 0 Å². The number of alkyl halides is 3. The summed E-state index contributed by atoms with van der Waals surface area (Å²) in [7, 11) is -5.70. The second-order valence-electron chi connectivity index (χ2n) is 7.75. The van der Waals surface area contributed by atoms with Crippen LogP contribution in [-0.4, -0.2) is 48.8 Å². The average Bonchev–Trinajstić information content (AvgIpc) is 3.20. The van der Waals surface area contributed by atoms with Gasteiger partial charge in [0.15, 0.2) is 0 Å². The molecule has 0 saturated carbocycles. The Morgan fingerprint density at radius 2 is 2.03 bits per heavy atom. The van der Waals surface area contributed by atoms with Crippen molar-refractivity contribution in [1.29, 1.82) is 0 Å². The molecule has 1 aliphatic heterocycles. The maximum Gasteiger partial charge on any atom is 0.516 e. The summed E-state index contributed by atoms with van der Waals surface area (Å²) in [4.78, 5) is 13.8. The van der Waals surface area contributed by atoms with Crippen molar-refractivity contribution in [3.05, 3.63) is 22.7 Å². The van der Waals surface area contributed by atoms with Crippen LogP contribution in [0, 0.1) is 0 Å². The number of fused-ring (bicyclic) bond motifs is 1. The highest BCUT2D eigenvalue weighted by Gasteiger charge is 2.46. The van der Waals surface area contributed by atoms with Crippen LogP contribution in [0.1, 0.15) is 49.5 Å². The predicted molar refractivity (Wildman–Crippen MR) is 120 cm³/mol. The molecule has 15 heteroatoms. The van der Waals surface area contributed by atoms with Gasteiger partial charge in [-0.2, -0.15) is 21.6 Å². The van der Waals surface area contributed by atoms with Gasteiger partial charge in [0, 0.05) is 17.8 Å². The van der Waals surface area contributed by atoms with Crippen molar-refractivity contribution < 1.29 is 31.1 Å². The Balaban J connectivity index is 2.05. The number of ether oxygens (including phenoxy) is 1. The number of nitrogens with one attached hydrogen (secondary N) is 1. The summed E-state index contributed by atoms with van der Waals surface area (Å²) in [5, 5.41) is 15.0. The molecule has 1 atom stereocenters. The first-order valence-corrected chi connectivity index (χ1v) is 12.6. The Labute approximate surface area is 198 Å². The monoisotopic (exact) mass is 520 g/mol. The lowest BCUT2D eigenvalue weighted by Gasteiger charge is -2.40. The zero-order valence-electron chi connectivity index (χ0n) is 18.8. The van der Waals surface area contributed by atoms with Gasteiger partial charge in [-0.3, -0.25) is 4.72 Å². The van der Waals surface area contributed by atoms with E-state index in [0.717, 1.165) is 23.3 Å². The summed E-state index contributed by atoms with van der Waals surface area (Å²) in [5.41, 5.74) is -4.61. The molecule has 2 heterocycles. The third-order valence-electron chi connectivity index (χ3n) is 4.99. The molecule has 0 saturated heterocycles. The van der Waals surface area contributed by atoms with Crippen LogP contribution < -0.4 is 9.62 Å². The Hall–Kier alpha value is -2.81. The quantitative estimate of drug-likeness (QED) is 0.405. The molecule has 0 fully saturated rings. The molecule has 0 aliphatic carbocycles. The van der Waals surface area contributed by atoms with Gasteiger partial charge < -0.3 is 9.64 Å². The van der Waals surface area contributed by atoms with Crippen molar-refractivity contribution in [2.45, 2.75) is 58.1 Å². The van der Waals surface area contributed by atoms with E-state index in [9.17, 15) is 26.4 Å². The van der Waals surface area contributed by atoms with Gasteiger partial charge in [0.1, 0.15) is 5.69 Å². The van der Waals surface area contributed by atoms with Gasteiger partial charge in [-0.15, -0.1) is 20.4 Å². The van der Waals surface area contributed by atoms with Crippen molar-refractivity contribution in [2.24, 2.45) is 10.2 Å². The summed E-state index contributed by atoms with van der Waals surface area (Å²) in [6.45, 7) is 7.64. The molecule has 0 spiro atoms. The number of halogens is 3. The number of aryl methyl sites for hydroxylation is 1. The second-order valence-corrected chi connectivity index (χ2v) is 10.4. The Morgan fingerprint density at radius 1 is 1.32 bits per heavy atom. The standard InChI is InChI=1S/C19H23F3N6O4S2/c1-5-32-17(29)16-24-26-18(33-16)25-23-13-8-12-7-6-11(4)28(10(2)3)15(12)9-14(13)27-34(30,31)19(20,21)22/h8-11,27H,5-7H2,1-4H3. The van der Waals surface area contributed by atoms with Crippen LogP contribution in [0.5, 0.6) is 0 Å². The normalized spacial score (nSPS) is 16.7. The van der Waals surface area contributed by atoms with Crippen LogP contribution in [-0.2, 0) is 21.2 Å². The van der Waals surface area contributed by atoms with Gasteiger partial charge in [-0.25, -0.2) is 4.79 Å². The lowest BCUT2D eigenvalue weighted by molar-refractivity contribution is -0.0429. The third kappa shape index (κ3) is 5.46. The molecule has 1 aromatic heterocycles. The van der Waals surface area contributed by atoms with Gasteiger partial charge in [0.2, 0.25) is 5.01 Å². The lowest BCUT2D eigenvalue weighted by Crippen LogP contribution is -2.42. The first-order valence-electron chi connectivity index (χ1n) is 10.3. The number of azo groups is 1. The Morgan fingerprint density at radius 3 is 2.65 bits per heavy atom. The van der Waals surface area contributed by atoms with E-state index in [2.05, 4.69) is 20.4 Å². The van der Waals surface area contributed by atoms with Gasteiger partial charge in [-0.05, 0) is 58.2 Å². The fourth-order valence-electron chi connectivity index (χ4n) is 3.58. The van der Waals surface area contributed by atoms with E-state index in [-0.39, 0.29) is 40.2 Å². The minimum atomic E-state index is -5.70. The number of hydrogen-bond acceptors (Lipinski definition) is 10. The summed E-state index contributed by atoms with van der Waals surface area (Å²) in [5.74, 6) is -0.697. The number of carbonyl (C=O) groups is 1. The van der Waals surface area contributed by atoms with Crippen LogP contribution in [0.15, 0.2) is 22.4 Å². The van der Waals surface area contributed by atoms with Gasteiger partial charge in [-0.1, -0.05) is 11.3 Å². The highest BCUT2D eigenvalue weighted by atomic mass is 32.2. The minimum Gasteiger partial charge on any atom is -0.461 e. The number of benzene rings is 1. The van der Waals surface area contributed by atoms with Crippen LogP contribution in [0.4, 0.5) is 35.4 Å². The highest BCUT2D eigenvalue weighted by molar-refractivity contribution is 7.93. The number of rotatable bonds is 7. The molecule has 1 N–H and O–H groups in total. The SMILES string of the molecule is CCOC(=O)c1nnc(N=Nc2cc3c(cc2NS(=O)(=O)C(F)(F)F)N(C(C)C)C(C)CC3)s1. The van der Waals surface area contributed by atoms with Crippen molar-refractivity contribution in [3.8, 4) is 0 Å².